The first-order valence-electron chi connectivity index (χ1n) is 6.07. The summed E-state index contributed by atoms with van der Waals surface area (Å²) in [5.41, 5.74) is 1.07. The Morgan fingerprint density at radius 1 is 1.47 bits per heavy atom. The largest absolute Gasteiger partial charge is 0.391 e. The lowest BCUT2D eigenvalue weighted by molar-refractivity contribution is -0.383. The Bertz CT molecular complexity index is 601. The number of nitro groups is 1. The molecule has 0 amide bonds. The average molecular weight is 261 g/mol. The number of aliphatic hydroxyl groups excluding tert-OH is 1. The van der Waals surface area contributed by atoms with Crippen LogP contribution in [0.3, 0.4) is 0 Å². The first-order valence-corrected chi connectivity index (χ1v) is 6.07. The van der Waals surface area contributed by atoms with E-state index in [2.05, 4.69) is 10.3 Å². The molecule has 0 saturated heterocycles. The van der Waals surface area contributed by atoms with Crippen LogP contribution in [0.2, 0.25) is 0 Å². The van der Waals surface area contributed by atoms with Crippen LogP contribution in [0.25, 0.3) is 10.9 Å². The van der Waals surface area contributed by atoms with E-state index in [9.17, 15) is 15.2 Å². The maximum atomic E-state index is 10.9. The van der Waals surface area contributed by atoms with Crippen molar-refractivity contribution < 1.29 is 10.0 Å². The zero-order valence-corrected chi connectivity index (χ0v) is 10.5. The molecule has 6 nitrogen and oxygen atoms in total. The number of fused-ring (bicyclic) bond motifs is 1. The van der Waals surface area contributed by atoms with E-state index in [1.165, 1.54) is 12.3 Å². The monoisotopic (exact) mass is 261 g/mol. The van der Waals surface area contributed by atoms with E-state index in [1.807, 2.05) is 6.92 Å². The van der Waals surface area contributed by atoms with Gasteiger partial charge in [-0.05, 0) is 24.6 Å². The molecule has 0 spiro atoms. The molecule has 0 aliphatic carbocycles. The Balaban J connectivity index is 2.41. The number of non-ortho nitro benzene ring substituents is 1. The van der Waals surface area contributed by atoms with Gasteiger partial charge in [-0.2, -0.15) is 0 Å². The number of aromatic nitrogens is 1. The number of aliphatic hydroxyl groups is 1. The summed E-state index contributed by atoms with van der Waals surface area (Å²) in [4.78, 5) is 14.6. The molecule has 1 atom stereocenters. The minimum Gasteiger partial charge on any atom is -0.391 e. The molecule has 1 aromatic carbocycles. The smallest absolute Gasteiger partial charge is 0.295 e. The van der Waals surface area contributed by atoms with Gasteiger partial charge in [-0.3, -0.25) is 10.1 Å². The molecule has 0 radical (unpaired) electrons. The molecule has 100 valence electrons. The molecule has 2 N–H and O–H groups in total. The zero-order chi connectivity index (χ0) is 13.8. The zero-order valence-electron chi connectivity index (χ0n) is 10.5. The molecule has 0 aliphatic heterocycles. The third kappa shape index (κ3) is 2.79. The third-order valence-electron chi connectivity index (χ3n) is 2.94. The molecule has 0 bridgehead atoms. The second-order valence-electron chi connectivity index (χ2n) is 4.23. The summed E-state index contributed by atoms with van der Waals surface area (Å²) in [5, 5.41) is 24.3. The fraction of sp³-hybridized carbons (Fsp3) is 0.308. The van der Waals surface area contributed by atoms with E-state index in [0.717, 1.165) is 5.69 Å². The number of nitro benzene ring substituents is 1. The molecule has 1 heterocycles. The highest BCUT2D eigenvalue weighted by molar-refractivity contribution is 5.96. The molecular formula is C13H15N3O3. The Labute approximate surface area is 110 Å². The van der Waals surface area contributed by atoms with Gasteiger partial charge in [0.2, 0.25) is 0 Å². The fourth-order valence-electron chi connectivity index (χ4n) is 1.83. The van der Waals surface area contributed by atoms with Crippen LogP contribution in [0, 0.1) is 10.1 Å². The number of benzene rings is 1. The molecule has 0 saturated carbocycles. The minimum atomic E-state index is -0.444. The van der Waals surface area contributed by atoms with E-state index in [0.29, 0.717) is 23.9 Å². The van der Waals surface area contributed by atoms with Crippen molar-refractivity contribution in [3.05, 3.63) is 40.6 Å². The Kier molecular flexibility index (Phi) is 3.91. The van der Waals surface area contributed by atoms with Crippen molar-refractivity contribution in [2.75, 3.05) is 11.9 Å². The highest BCUT2D eigenvalue weighted by Gasteiger charge is 2.15. The van der Waals surface area contributed by atoms with Crippen molar-refractivity contribution >= 4 is 22.3 Å². The van der Waals surface area contributed by atoms with Crippen LogP contribution < -0.4 is 5.32 Å². The van der Waals surface area contributed by atoms with Gasteiger partial charge in [-0.15, -0.1) is 0 Å². The number of hydrogen-bond acceptors (Lipinski definition) is 5. The molecule has 1 aromatic heterocycles. The Morgan fingerprint density at radius 3 is 2.95 bits per heavy atom. The Hall–Kier alpha value is -2.21. The van der Waals surface area contributed by atoms with Crippen molar-refractivity contribution in [1.29, 1.82) is 0 Å². The fourth-order valence-corrected chi connectivity index (χ4v) is 1.83. The number of anilines is 1. The van der Waals surface area contributed by atoms with Gasteiger partial charge < -0.3 is 10.4 Å². The summed E-state index contributed by atoms with van der Waals surface area (Å²) in [5.74, 6) is 0. The van der Waals surface area contributed by atoms with Gasteiger partial charge in [-0.25, -0.2) is 4.98 Å². The van der Waals surface area contributed by atoms with Crippen LogP contribution in [0.15, 0.2) is 30.5 Å². The highest BCUT2D eigenvalue weighted by atomic mass is 16.6. The van der Waals surface area contributed by atoms with Gasteiger partial charge in [0.25, 0.3) is 5.69 Å². The van der Waals surface area contributed by atoms with Crippen molar-refractivity contribution in [2.24, 2.45) is 0 Å². The maximum Gasteiger partial charge on any atom is 0.295 e. The van der Waals surface area contributed by atoms with E-state index >= 15 is 0 Å². The summed E-state index contributed by atoms with van der Waals surface area (Å²) in [6.45, 7) is 2.29. The molecule has 2 rings (SSSR count). The van der Waals surface area contributed by atoms with Crippen LogP contribution in [0.5, 0.6) is 0 Å². The van der Waals surface area contributed by atoms with E-state index < -0.39 is 11.0 Å². The first-order chi connectivity index (χ1) is 9.13. The predicted octanol–water partition coefficient (Wildman–Crippen LogP) is 2.33. The topological polar surface area (TPSA) is 88.3 Å². The first kappa shape index (κ1) is 13.2. The SMILES string of the molecule is CCC(O)CNc1ccc([N+](=O)[O-])c2ncccc12. The van der Waals surface area contributed by atoms with Crippen molar-refractivity contribution in [1.82, 2.24) is 4.98 Å². The van der Waals surface area contributed by atoms with Gasteiger partial charge in [0.15, 0.2) is 0 Å². The summed E-state index contributed by atoms with van der Waals surface area (Å²) in [6.07, 6.45) is 1.73. The second kappa shape index (κ2) is 5.62. The number of rotatable bonds is 5. The van der Waals surface area contributed by atoms with E-state index in [1.54, 1.807) is 18.2 Å². The lowest BCUT2D eigenvalue weighted by Crippen LogP contribution is -2.18. The molecule has 2 aromatic rings. The number of hydrogen-bond donors (Lipinski definition) is 2. The standard InChI is InChI=1S/C13H15N3O3/c1-2-9(17)8-15-11-5-6-12(16(18)19)13-10(11)4-3-7-14-13/h3-7,9,15,17H,2,8H2,1H3. The van der Waals surface area contributed by atoms with E-state index in [-0.39, 0.29) is 5.69 Å². The van der Waals surface area contributed by atoms with Crippen LogP contribution in [0.1, 0.15) is 13.3 Å². The van der Waals surface area contributed by atoms with Gasteiger partial charge in [0, 0.05) is 29.9 Å². The molecule has 0 aliphatic rings. The minimum absolute atomic E-state index is 0.0165. The maximum absolute atomic E-state index is 10.9. The Morgan fingerprint density at radius 2 is 2.26 bits per heavy atom. The van der Waals surface area contributed by atoms with Crippen molar-refractivity contribution in [3.8, 4) is 0 Å². The van der Waals surface area contributed by atoms with Crippen molar-refractivity contribution in [2.45, 2.75) is 19.4 Å². The highest BCUT2D eigenvalue weighted by Crippen LogP contribution is 2.29. The van der Waals surface area contributed by atoms with Crippen LogP contribution >= 0.6 is 0 Å². The van der Waals surface area contributed by atoms with Crippen LogP contribution in [0.4, 0.5) is 11.4 Å². The van der Waals surface area contributed by atoms with Crippen molar-refractivity contribution in [3.63, 3.8) is 0 Å². The average Bonchev–Trinajstić information content (AvgIpc) is 2.43. The quantitative estimate of drug-likeness (QED) is 0.637. The van der Waals surface area contributed by atoms with Crippen LogP contribution in [-0.4, -0.2) is 27.7 Å². The van der Waals surface area contributed by atoms with E-state index in [4.69, 9.17) is 0 Å². The van der Waals surface area contributed by atoms with Gasteiger partial charge in [0.05, 0.1) is 11.0 Å². The normalized spacial score (nSPS) is 12.3. The van der Waals surface area contributed by atoms with Gasteiger partial charge in [0.1, 0.15) is 5.52 Å². The number of pyridine rings is 1. The molecule has 1 unspecified atom stereocenters. The second-order valence-corrected chi connectivity index (χ2v) is 4.23. The molecule has 6 heteroatoms. The third-order valence-corrected chi connectivity index (χ3v) is 2.94. The lowest BCUT2D eigenvalue weighted by atomic mass is 10.1. The number of nitrogens with zero attached hydrogens (tertiary/aromatic N) is 2. The number of nitrogens with one attached hydrogen (secondary N) is 1. The summed E-state index contributed by atoms with van der Waals surface area (Å²) >= 11 is 0. The van der Waals surface area contributed by atoms with Crippen LogP contribution in [-0.2, 0) is 0 Å². The summed E-state index contributed by atoms with van der Waals surface area (Å²) < 4.78 is 0. The molecule has 0 fully saturated rings. The molecule has 19 heavy (non-hydrogen) atoms. The summed E-state index contributed by atoms with van der Waals surface area (Å²) in [6, 6.07) is 6.57. The summed E-state index contributed by atoms with van der Waals surface area (Å²) in [7, 11) is 0. The van der Waals surface area contributed by atoms with Gasteiger partial charge in [-0.1, -0.05) is 6.92 Å². The van der Waals surface area contributed by atoms with Gasteiger partial charge >= 0.3 is 0 Å². The lowest BCUT2D eigenvalue weighted by Gasteiger charge is -2.12. The molecular weight excluding hydrogens is 246 g/mol. The predicted molar refractivity (Wildman–Crippen MR) is 73.2 cm³/mol.